The van der Waals surface area contributed by atoms with Gasteiger partial charge in [-0.15, -0.1) is 11.3 Å². The van der Waals surface area contributed by atoms with Crippen LogP contribution in [-0.4, -0.2) is 14.5 Å². The van der Waals surface area contributed by atoms with E-state index in [9.17, 15) is 0 Å². The van der Waals surface area contributed by atoms with Crippen molar-refractivity contribution in [2.75, 3.05) is 0 Å². The van der Waals surface area contributed by atoms with Gasteiger partial charge in [0, 0.05) is 32.3 Å². The van der Waals surface area contributed by atoms with Crippen molar-refractivity contribution in [3.05, 3.63) is 115 Å². The molecule has 168 valence electrons. The average Bonchev–Trinajstić information content (AvgIpc) is 3.49. The molecule has 0 amide bonds. The van der Waals surface area contributed by atoms with Crippen LogP contribution in [0.4, 0.5) is 0 Å². The summed E-state index contributed by atoms with van der Waals surface area (Å²) in [5.74, 6) is 1.54. The molecule has 0 spiro atoms. The van der Waals surface area contributed by atoms with Gasteiger partial charge in [-0.1, -0.05) is 72.8 Å². The van der Waals surface area contributed by atoms with Gasteiger partial charge < -0.3 is 0 Å². The molecule has 4 nitrogen and oxygen atoms in total. The molecule has 0 unspecified atom stereocenters. The van der Waals surface area contributed by atoms with E-state index in [0.717, 1.165) is 28.1 Å². The van der Waals surface area contributed by atoms with Crippen LogP contribution in [0.15, 0.2) is 115 Å². The van der Waals surface area contributed by atoms with E-state index in [1.807, 2.05) is 53.9 Å². The van der Waals surface area contributed by atoms with Crippen LogP contribution in [0.1, 0.15) is 0 Å². The number of nitrogens with zero attached hydrogens (tertiary/aromatic N) is 4. The second kappa shape index (κ2) is 7.44. The molecule has 0 saturated heterocycles. The molecular weight excluding hydrogens is 460 g/mol. The van der Waals surface area contributed by atoms with Gasteiger partial charge in [0.15, 0.2) is 0 Å². The quantitative estimate of drug-likeness (QED) is 0.243. The molecule has 0 bridgehead atoms. The standard InChI is InChI=1S/C31H19N4S/c1-2-10-20(11-3-1)30-33-31(32-27-16-8-9-19-34(27)30)35-25-14-6-4-12-21(25)23-17-18-24-22-13-5-7-15-26(22)36-29(24)28(23)35/h1-19H/q+1. The molecule has 0 N–H and O–H groups in total. The summed E-state index contributed by atoms with van der Waals surface area (Å²) in [4.78, 5) is 10.3. The summed E-state index contributed by atoms with van der Waals surface area (Å²) in [6.07, 6.45) is 2.03. The molecule has 0 radical (unpaired) electrons. The number of aromatic nitrogens is 4. The minimum absolute atomic E-state index is 0.677. The fourth-order valence-corrected chi connectivity index (χ4v) is 6.55. The first-order chi connectivity index (χ1) is 17.9. The summed E-state index contributed by atoms with van der Waals surface area (Å²) in [6.45, 7) is 0. The average molecular weight is 480 g/mol. The van der Waals surface area contributed by atoms with Gasteiger partial charge in [-0.05, 0) is 40.3 Å². The zero-order chi connectivity index (χ0) is 23.6. The first-order valence-corrected chi connectivity index (χ1v) is 12.8. The Hall–Kier alpha value is -4.61. The van der Waals surface area contributed by atoms with Gasteiger partial charge in [0.2, 0.25) is 0 Å². The highest BCUT2D eigenvalue weighted by atomic mass is 32.1. The summed E-state index contributed by atoms with van der Waals surface area (Å²) in [5, 5.41) is 4.98. The number of thiophene rings is 1. The molecule has 0 fully saturated rings. The lowest BCUT2D eigenvalue weighted by molar-refractivity contribution is -0.505. The lowest BCUT2D eigenvalue weighted by Crippen LogP contribution is -2.28. The molecule has 0 aliphatic rings. The minimum Gasteiger partial charge on any atom is -0.248 e. The third-order valence-electron chi connectivity index (χ3n) is 6.90. The number of fused-ring (bicyclic) bond motifs is 8. The van der Waals surface area contributed by atoms with Crippen LogP contribution in [0, 0.1) is 0 Å². The van der Waals surface area contributed by atoms with Crippen molar-refractivity contribution < 1.29 is 4.40 Å². The third-order valence-corrected chi connectivity index (χ3v) is 8.09. The molecule has 8 rings (SSSR count). The second-order valence-electron chi connectivity index (χ2n) is 8.93. The molecule has 4 aromatic heterocycles. The predicted molar refractivity (Wildman–Crippen MR) is 148 cm³/mol. The molecule has 4 heterocycles. The lowest BCUT2D eigenvalue weighted by atomic mass is 10.1. The van der Waals surface area contributed by atoms with Crippen molar-refractivity contribution in [2.24, 2.45) is 0 Å². The number of benzene rings is 4. The molecule has 0 aliphatic heterocycles. The summed E-state index contributed by atoms with van der Waals surface area (Å²) < 4.78 is 6.86. The molecule has 8 aromatic rings. The Morgan fingerprint density at radius 2 is 1.36 bits per heavy atom. The smallest absolute Gasteiger partial charge is 0.248 e. The molecule has 5 heteroatoms. The Morgan fingerprint density at radius 1 is 0.611 bits per heavy atom. The van der Waals surface area contributed by atoms with Gasteiger partial charge in [-0.25, -0.2) is 4.57 Å². The Labute approximate surface area is 210 Å². The van der Waals surface area contributed by atoms with Gasteiger partial charge in [-0.3, -0.25) is 0 Å². The highest BCUT2D eigenvalue weighted by molar-refractivity contribution is 7.26. The number of hydrogen-bond donors (Lipinski definition) is 0. The maximum Gasteiger partial charge on any atom is 0.387 e. The SMILES string of the molecule is c1ccc(-c2nc(-n3c4ccccc4c4ccc5c6ccccc6sc5c43)nc3cccc[n+]23)cc1. The monoisotopic (exact) mass is 479 g/mol. The van der Waals surface area contributed by atoms with Gasteiger partial charge in [-0.2, -0.15) is 4.40 Å². The number of hydrogen-bond acceptors (Lipinski definition) is 3. The minimum atomic E-state index is 0.677. The van der Waals surface area contributed by atoms with Crippen LogP contribution < -0.4 is 4.40 Å². The second-order valence-corrected chi connectivity index (χ2v) is 9.98. The summed E-state index contributed by atoms with van der Waals surface area (Å²) in [6, 6.07) is 38.1. The summed E-state index contributed by atoms with van der Waals surface area (Å²) in [5.41, 5.74) is 4.18. The van der Waals surface area contributed by atoms with Crippen molar-refractivity contribution in [1.29, 1.82) is 0 Å². The zero-order valence-electron chi connectivity index (χ0n) is 19.2. The Morgan fingerprint density at radius 3 is 2.28 bits per heavy atom. The Kier molecular flexibility index (Phi) is 4.07. The predicted octanol–water partition coefficient (Wildman–Crippen LogP) is 7.35. The fourth-order valence-electron chi connectivity index (χ4n) is 5.31. The van der Waals surface area contributed by atoms with E-state index in [0.29, 0.717) is 5.95 Å². The van der Waals surface area contributed by atoms with Crippen molar-refractivity contribution in [1.82, 2.24) is 14.5 Å². The van der Waals surface area contributed by atoms with Crippen molar-refractivity contribution in [3.8, 4) is 17.3 Å². The maximum absolute atomic E-state index is 5.19. The molecule has 0 aliphatic carbocycles. The summed E-state index contributed by atoms with van der Waals surface area (Å²) in [7, 11) is 0. The van der Waals surface area contributed by atoms with E-state index in [-0.39, 0.29) is 0 Å². The van der Waals surface area contributed by atoms with E-state index in [1.54, 1.807) is 0 Å². The number of para-hydroxylation sites is 1. The van der Waals surface area contributed by atoms with Crippen molar-refractivity contribution in [2.45, 2.75) is 0 Å². The van der Waals surface area contributed by atoms with Crippen LogP contribution in [0.2, 0.25) is 0 Å². The molecular formula is C31H19N4S+. The molecule has 0 saturated carbocycles. The van der Waals surface area contributed by atoms with Gasteiger partial charge in [0.25, 0.3) is 11.5 Å². The molecule has 36 heavy (non-hydrogen) atoms. The zero-order valence-corrected chi connectivity index (χ0v) is 20.0. The lowest BCUT2D eigenvalue weighted by Gasteiger charge is -2.05. The largest absolute Gasteiger partial charge is 0.387 e. The van der Waals surface area contributed by atoms with Crippen LogP contribution in [-0.2, 0) is 0 Å². The topological polar surface area (TPSA) is 34.8 Å². The van der Waals surface area contributed by atoms with Gasteiger partial charge >= 0.3 is 5.95 Å². The van der Waals surface area contributed by atoms with E-state index in [1.165, 1.54) is 30.9 Å². The van der Waals surface area contributed by atoms with Crippen molar-refractivity contribution in [3.63, 3.8) is 0 Å². The number of pyridine rings is 1. The maximum atomic E-state index is 5.19. The fraction of sp³-hybridized carbons (Fsp3) is 0. The normalized spacial score (nSPS) is 11.9. The van der Waals surface area contributed by atoms with E-state index in [2.05, 4.69) is 81.8 Å². The highest BCUT2D eigenvalue weighted by Gasteiger charge is 2.25. The Balaban J connectivity index is 1.57. The summed E-state index contributed by atoms with van der Waals surface area (Å²) >= 11 is 1.84. The van der Waals surface area contributed by atoms with E-state index < -0.39 is 0 Å². The van der Waals surface area contributed by atoms with Crippen LogP contribution in [0.3, 0.4) is 0 Å². The van der Waals surface area contributed by atoms with Crippen molar-refractivity contribution >= 4 is 59.0 Å². The van der Waals surface area contributed by atoms with Gasteiger partial charge in [0.05, 0.1) is 27.5 Å². The highest BCUT2D eigenvalue weighted by Crippen LogP contribution is 2.42. The van der Waals surface area contributed by atoms with E-state index >= 15 is 0 Å². The van der Waals surface area contributed by atoms with Crippen LogP contribution >= 0.6 is 11.3 Å². The molecule has 4 aromatic carbocycles. The first kappa shape index (κ1) is 19.7. The van der Waals surface area contributed by atoms with Gasteiger partial charge in [0.1, 0.15) is 0 Å². The number of rotatable bonds is 2. The third kappa shape index (κ3) is 2.72. The molecule has 0 atom stereocenters. The van der Waals surface area contributed by atoms with Crippen LogP contribution in [0.5, 0.6) is 0 Å². The van der Waals surface area contributed by atoms with E-state index in [4.69, 9.17) is 9.97 Å². The first-order valence-electron chi connectivity index (χ1n) is 11.9. The van der Waals surface area contributed by atoms with Crippen LogP contribution in [0.25, 0.3) is 65.0 Å². The Bertz CT molecular complexity index is 2100.